The number of nitrogens with zero attached hydrogens (tertiary/aromatic N) is 2. The number of nitriles is 1. The number of aromatic nitrogens is 1. The Labute approximate surface area is 197 Å². The molecule has 1 aromatic heterocycles. The molecule has 1 aromatic carbocycles. The number of hydrogen-bond donors (Lipinski definition) is 3. The van der Waals surface area contributed by atoms with Crippen LogP contribution in [0.1, 0.15) is 49.0 Å². The molecule has 178 valence electrons. The van der Waals surface area contributed by atoms with Gasteiger partial charge >= 0.3 is 0 Å². The number of benzene rings is 1. The monoisotopic (exact) mass is 463 g/mol. The quantitative estimate of drug-likeness (QED) is 0.605. The summed E-state index contributed by atoms with van der Waals surface area (Å²) in [6.45, 7) is 1.12. The van der Waals surface area contributed by atoms with Crippen LogP contribution in [0.25, 0.3) is 10.9 Å². The molecule has 1 spiro atoms. The van der Waals surface area contributed by atoms with Crippen molar-refractivity contribution in [3.63, 3.8) is 0 Å². The second-order valence-corrected chi connectivity index (χ2v) is 9.81. The molecule has 3 atom stereocenters. The highest BCUT2D eigenvalue weighted by Gasteiger charge is 2.52. The maximum absolute atomic E-state index is 13.6. The highest BCUT2D eigenvalue weighted by Crippen LogP contribution is 2.50. The lowest BCUT2D eigenvalue weighted by molar-refractivity contribution is -0.126. The average molecular weight is 464 g/mol. The summed E-state index contributed by atoms with van der Waals surface area (Å²) in [5, 5.41) is 16.0. The van der Waals surface area contributed by atoms with Gasteiger partial charge in [-0.2, -0.15) is 5.26 Å². The molecule has 9 nitrogen and oxygen atoms in total. The number of likely N-dealkylation sites (tertiary alicyclic amines) is 1. The number of carbonyl (C=O) groups excluding carboxylic acids is 3. The number of carbonyl (C=O) groups is 3. The van der Waals surface area contributed by atoms with Crippen LogP contribution in [0.15, 0.2) is 24.3 Å². The maximum atomic E-state index is 13.6. The molecule has 2 saturated heterocycles. The van der Waals surface area contributed by atoms with Crippen LogP contribution in [0.5, 0.6) is 5.75 Å². The van der Waals surface area contributed by atoms with Crippen LogP contribution in [-0.4, -0.2) is 59.9 Å². The molecule has 3 N–H and O–H groups in total. The van der Waals surface area contributed by atoms with Crippen molar-refractivity contribution in [2.24, 2.45) is 11.3 Å². The van der Waals surface area contributed by atoms with Gasteiger partial charge in [-0.3, -0.25) is 14.4 Å². The maximum Gasteiger partial charge on any atom is 0.271 e. The third kappa shape index (κ3) is 3.87. The van der Waals surface area contributed by atoms with E-state index in [-0.39, 0.29) is 35.5 Å². The number of nitrogens with one attached hydrogen (secondary N) is 3. The van der Waals surface area contributed by atoms with Gasteiger partial charge in [0.25, 0.3) is 5.91 Å². The molecule has 0 radical (unpaired) electrons. The van der Waals surface area contributed by atoms with Gasteiger partial charge in [0, 0.05) is 29.9 Å². The Morgan fingerprint density at radius 3 is 2.85 bits per heavy atom. The van der Waals surface area contributed by atoms with Crippen molar-refractivity contribution in [3.05, 3.63) is 30.0 Å². The minimum atomic E-state index is -0.770. The minimum Gasteiger partial charge on any atom is -0.496 e. The molecule has 0 unspecified atom stereocenters. The van der Waals surface area contributed by atoms with E-state index >= 15 is 0 Å². The van der Waals surface area contributed by atoms with Crippen molar-refractivity contribution in [1.82, 2.24) is 20.5 Å². The second-order valence-electron chi connectivity index (χ2n) is 9.81. The molecule has 2 aliphatic heterocycles. The normalized spacial score (nSPS) is 23.9. The molecule has 1 saturated carbocycles. The SMILES string of the molecule is COc1cccc2[nH]c(C(=O)N3CC4(CCC4)C[C@H]3C(=O)N[C@H](C#N)C[C@@H]3CCNC3=O)cc12. The smallest absolute Gasteiger partial charge is 0.271 e. The number of fused-ring (bicyclic) bond motifs is 1. The van der Waals surface area contributed by atoms with Crippen LogP contribution < -0.4 is 15.4 Å². The lowest BCUT2D eigenvalue weighted by Gasteiger charge is -2.37. The molecule has 3 heterocycles. The first-order valence-corrected chi connectivity index (χ1v) is 11.9. The van der Waals surface area contributed by atoms with Crippen molar-refractivity contribution >= 4 is 28.6 Å². The molecule has 34 heavy (non-hydrogen) atoms. The fraction of sp³-hybridized carbons (Fsp3) is 0.520. The number of rotatable bonds is 6. The topological polar surface area (TPSA) is 127 Å². The Morgan fingerprint density at radius 1 is 1.38 bits per heavy atom. The third-order valence-corrected chi connectivity index (χ3v) is 7.72. The van der Waals surface area contributed by atoms with E-state index in [2.05, 4.69) is 21.7 Å². The fourth-order valence-electron chi connectivity index (χ4n) is 5.68. The summed E-state index contributed by atoms with van der Waals surface area (Å²) < 4.78 is 5.42. The highest BCUT2D eigenvalue weighted by molar-refractivity contribution is 6.02. The average Bonchev–Trinajstić information content (AvgIpc) is 3.54. The zero-order valence-electron chi connectivity index (χ0n) is 19.2. The number of amides is 3. The van der Waals surface area contributed by atoms with Crippen molar-refractivity contribution < 1.29 is 19.1 Å². The lowest BCUT2D eigenvalue weighted by atomic mass is 9.67. The fourth-order valence-corrected chi connectivity index (χ4v) is 5.68. The van der Waals surface area contributed by atoms with E-state index in [4.69, 9.17) is 4.74 Å². The van der Waals surface area contributed by atoms with E-state index in [0.29, 0.717) is 37.4 Å². The van der Waals surface area contributed by atoms with Crippen molar-refractivity contribution in [2.45, 2.75) is 50.6 Å². The van der Waals surface area contributed by atoms with Gasteiger partial charge in [0.2, 0.25) is 11.8 Å². The summed E-state index contributed by atoms with van der Waals surface area (Å²) in [5.41, 5.74) is 1.17. The van der Waals surface area contributed by atoms with Gasteiger partial charge in [0.15, 0.2) is 0 Å². The van der Waals surface area contributed by atoms with Crippen molar-refractivity contribution in [2.75, 3.05) is 20.2 Å². The van der Waals surface area contributed by atoms with E-state index in [1.807, 2.05) is 18.2 Å². The lowest BCUT2D eigenvalue weighted by Crippen LogP contribution is -2.49. The standard InChI is InChI=1S/C25H29N5O4/c1-34-21-5-2-4-18-17(21)11-19(29-18)24(33)30-14-25(7-3-8-25)12-20(30)23(32)28-16(13-26)10-15-6-9-27-22(15)31/h2,4-5,11,15-16,20,29H,3,6-10,12,14H2,1H3,(H,27,31)(H,28,32)/t15-,16-,20-/m0/s1. The van der Waals surface area contributed by atoms with Crippen LogP contribution in [0.3, 0.4) is 0 Å². The first-order chi connectivity index (χ1) is 16.4. The van der Waals surface area contributed by atoms with Gasteiger partial charge in [-0.1, -0.05) is 12.5 Å². The van der Waals surface area contributed by atoms with Gasteiger partial charge in [0.1, 0.15) is 23.5 Å². The van der Waals surface area contributed by atoms with Gasteiger partial charge in [-0.15, -0.1) is 0 Å². The molecular formula is C25H29N5O4. The molecule has 9 heteroatoms. The van der Waals surface area contributed by atoms with Crippen LogP contribution in [0.2, 0.25) is 0 Å². The minimum absolute atomic E-state index is 0.0329. The van der Waals surface area contributed by atoms with Crippen LogP contribution in [0.4, 0.5) is 0 Å². The van der Waals surface area contributed by atoms with Crippen LogP contribution >= 0.6 is 0 Å². The molecule has 3 amide bonds. The van der Waals surface area contributed by atoms with Crippen molar-refractivity contribution in [1.29, 1.82) is 5.26 Å². The van der Waals surface area contributed by atoms with Crippen molar-refractivity contribution in [3.8, 4) is 11.8 Å². The molecule has 1 aliphatic carbocycles. The number of ether oxygens (including phenoxy) is 1. The Balaban J connectivity index is 1.36. The molecule has 3 fully saturated rings. The molecule has 5 rings (SSSR count). The number of H-pyrrole nitrogens is 1. The molecule has 0 bridgehead atoms. The highest BCUT2D eigenvalue weighted by atomic mass is 16.5. The van der Waals surface area contributed by atoms with Gasteiger partial charge in [0.05, 0.1) is 13.2 Å². The van der Waals surface area contributed by atoms with Crippen LogP contribution in [-0.2, 0) is 9.59 Å². The number of aromatic amines is 1. The second kappa shape index (κ2) is 8.67. The van der Waals surface area contributed by atoms with E-state index in [9.17, 15) is 19.6 Å². The van der Waals surface area contributed by atoms with Gasteiger partial charge in [-0.05, 0) is 55.7 Å². The third-order valence-electron chi connectivity index (χ3n) is 7.72. The van der Waals surface area contributed by atoms with E-state index in [1.165, 1.54) is 0 Å². The summed E-state index contributed by atoms with van der Waals surface area (Å²) in [6, 6.07) is 8.06. The predicted octanol–water partition coefficient (Wildman–Crippen LogP) is 2.10. The molecule has 3 aliphatic rings. The summed E-state index contributed by atoms with van der Waals surface area (Å²) in [7, 11) is 1.59. The largest absolute Gasteiger partial charge is 0.496 e. The number of hydrogen-bond acceptors (Lipinski definition) is 5. The summed E-state index contributed by atoms with van der Waals surface area (Å²) in [4.78, 5) is 43.7. The van der Waals surface area contributed by atoms with E-state index in [1.54, 1.807) is 18.1 Å². The summed E-state index contributed by atoms with van der Waals surface area (Å²) >= 11 is 0. The zero-order chi connectivity index (χ0) is 23.9. The van der Waals surface area contributed by atoms with E-state index < -0.39 is 12.1 Å². The molecular weight excluding hydrogens is 434 g/mol. The Morgan fingerprint density at radius 2 is 2.21 bits per heavy atom. The number of methoxy groups -OCH3 is 1. The Kier molecular flexibility index (Phi) is 5.68. The predicted molar refractivity (Wildman–Crippen MR) is 124 cm³/mol. The summed E-state index contributed by atoms with van der Waals surface area (Å²) in [5.74, 6) is -0.228. The van der Waals surface area contributed by atoms with E-state index in [0.717, 1.165) is 30.2 Å². The van der Waals surface area contributed by atoms with Crippen LogP contribution in [0, 0.1) is 22.7 Å². The Bertz CT molecular complexity index is 1180. The molecule has 2 aromatic rings. The van der Waals surface area contributed by atoms with Gasteiger partial charge < -0.3 is 25.3 Å². The Hall–Kier alpha value is -3.54. The zero-order valence-corrected chi connectivity index (χ0v) is 19.2. The van der Waals surface area contributed by atoms with Gasteiger partial charge in [-0.25, -0.2) is 0 Å². The first kappa shape index (κ1) is 22.3. The first-order valence-electron chi connectivity index (χ1n) is 11.9. The summed E-state index contributed by atoms with van der Waals surface area (Å²) in [6.07, 6.45) is 4.61.